The summed E-state index contributed by atoms with van der Waals surface area (Å²) in [7, 11) is 0. The van der Waals surface area contributed by atoms with Gasteiger partial charge < -0.3 is 10.6 Å². The Labute approximate surface area is 109 Å². The van der Waals surface area contributed by atoms with Crippen LogP contribution < -0.4 is 5.73 Å². The summed E-state index contributed by atoms with van der Waals surface area (Å²) in [6.07, 6.45) is 1.52. The summed E-state index contributed by atoms with van der Waals surface area (Å²) in [6, 6.07) is 3.01. The van der Waals surface area contributed by atoms with Crippen molar-refractivity contribution in [2.24, 2.45) is 10.7 Å². The minimum absolute atomic E-state index is 0.0360. The number of rotatable bonds is 3. The second-order valence-electron chi connectivity index (χ2n) is 3.80. The van der Waals surface area contributed by atoms with Gasteiger partial charge in [-0.1, -0.05) is 23.7 Å². The molecule has 0 aromatic heterocycles. The SMILES string of the molecule is C=CCN1C(=O)N=C(N)C1c1c(F)cccc1Cl. The van der Waals surface area contributed by atoms with E-state index in [4.69, 9.17) is 17.3 Å². The Hall–Kier alpha value is -1.88. The van der Waals surface area contributed by atoms with Crippen LogP contribution in [0.5, 0.6) is 0 Å². The van der Waals surface area contributed by atoms with E-state index in [2.05, 4.69) is 11.6 Å². The Morgan fingerprint density at radius 3 is 2.94 bits per heavy atom. The van der Waals surface area contributed by atoms with Gasteiger partial charge in [0.1, 0.15) is 17.7 Å². The van der Waals surface area contributed by atoms with E-state index in [1.807, 2.05) is 0 Å². The van der Waals surface area contributed by atoms with Gasteiger partial charge >= 0.3 is 6.03 Å². The number of carbonyl (C=O) groups excluding carboxylic acids is 1. The van der Waals surface area contributed by atoms with Crippen LogP contribution in [0.15, 0.2) is 35.8 Å². The molecule has 1 aromatic rings. The van der Waals surface area contributed by atoms with Gasteiger partial charge in [0, 0.05) is 17.1 Å². The molecular formula is C12H11ClFN3O. The first-order valence-corrected chi connectivity index (χ1v) is 5.63. The molecule has 1 unspecified atom stereocenters. The molecule has 0 radical (unpaired) electrons. The molecule has 4 nitrogen and oxygen atoms in total. The molecular weight excluding hydrogens is 257 g/mol. The largest absolute Gasteiger partial charge is 0.385 e. The first kappa shape index (κ1) is 12.6. The van der Waals surface area contributed by atoms with Crippen molar-refractivity contribution < 1.29 is 9.18 Å². The number of nitrogens with two attached hydrogens (primary N) is 1. The zero-order valence-corrected chi connectivity index (χ0v) is 10.2. The van der Waals surface area contributed by atoms with Gasteiger partial charge in [0.05, 0.1) is 0 Å². The number of amides is 2. The Bertz CT molecular complexity index is 524. The van der Waals surface area contributed by atoms with E-state index in [1.165, 1.54) is 23.1 Å². The third kappa shape index (κ3) is 1.97. The zero-order valence-electron chi connectivity index (χ0n) is 9.44. The molecule has 0 fully saturated rings. The number of nitrogens with zero attached hydrogens (tertiary/aromatic N) is 2. The second-order valence-corrected chi connectivity index (χ2v) is 4.21. The maximum atomic E-state index is 13.9. The van der Waals surface area contributed by atoms with Crippen LogP contribution in [-0.2, 0) is 0 Å². The lowest BCUT2D eigenvalue weighted by Crippen LogP contribution is -2.34. The van der Waals surface area contributed by atoms with Crippen LogP contribution in [0, 0.1) is 5.82 Å². The first-order valence-electron chi connectivity index (χ1n) is 5.25. The number of carbonyl (C=O) groups is 1. The molecule has 18 heavy (non-hydrogen) atoms. The van der Waals surface area contributed by atoms with Gasteiger partial charge in [-0.3, -0.25) is 0 Å². The van der Waals surface area contributed by atoms with E-state index in [0.717, 1.165) is 0 Å². The highest BCUT2D eigenvalue weighted by molar-refractivity contribution is 6.31. The van der Waals surface area contributed by atoms with Gasteiger partial charge in [0.2, 0.25) is 0 Å². The zero-order chi connectivity index (χ0) is 13.3. The fraction of sp³-hybridized carbons (Fsp3) is 0.167. The second kappa shape index (κ2) is 4.78. The highest BCUT2D eigenvalue weighted by atomic mass is 35.5. The van der Waals surface area contributed by atoms with Gasteiger partial charge in [-0.15, -0.1) is 6.58 Å². The van der Waals surface area contributed by atoms with Gasteiger partial charge in [-0.25, -0.2) is 9.18 Å². The minimum atomic E-state index is -0.774. The van der Waals surface area contributed by atoms with Crippen LogP contribution in [0.3, 0.4) is 0 Å². The summed E-state index contributed by atoms with van der Waals surface area (Å²) < 4.78 is 13.9. The van der Waals surface area contributed by atoms with Crippen molar-refractivity contribution in [3.8, 4) is 0 Å². The number of urea groups is 1. The summed E-state index contributed by atoms with van der Waals surface area (Å²) in [5.74, 6) is -0.483. The molecule has 2 amide bonds. The van der Waals surface area contributed by atoms with Gasteiger partial charge in [-0.2, -0.15) is 4.99 Å². The number of amidine groups is 1. The molecule has 0 saturated carbocycles. The van der Waals surface area contributed by atoms with Crippen LogP contribution in [0.2, 0.25) is 5.02 Å². The smallest absolute Gasteiger partial charge is 0.346 e. The molecule has 1 heterocycles. The lowest BCUT2D eigenvalue weighted by molar-refractivity contribution is 0.212. The van der Waals surface area contributed by atoms with Gasteiger partial charge in [0.25, 0.3) is 0 Å². The van der Waals surface area contributed by atoms with E-state index in [1.54, 1.807) is 6.07 Å². The molecule has 0 spiro atoms. The van der Waals surface area contributed by atoms with Crippen LogP contribution in [0.4, 0.5) is 9.18 Å². The van der Waals surface area contributed by atoms with Crippen molar-refractivity contribution in [1.29, 1.82) is 0 Å². The molecule has 6 heteroatoms. The van der Waals surface area contributed by atoms with E-state index in [9.17, 15) is 9.18 Å². The molecule has 0 aliphatic carbocycles. The molecule has 1 aliphatic heterocycles. The van der Waals surface area contributed by atoms with Crippen LogP contribution in [0.1, 0.15) is 11.6 Å². The summed E-state index contributed by atoms with van der Waals surface area (Å²) >= 11 is 5.97. The average molecular weight is 268 g/mol. The third-order valence-corrected chi connectivity index (χ3v) is 2.99. The van der Waals surface area contributed by atoms with Crippen molar-refractivity contribution in [2.45, 2.75) is 6.04 Å². The quantitative estimate of drug-likeness (QED) is 0.856. The van der Waals surface area contributed by atoms with E-state index >= 15 is 0 Å². The minimum Gasteiger partial charge on any atom is -0.385 e. The predicted molar refractivity (Wildman–Crippen MR) is 68.1 cm³/mol. The number of hydrogen-bond donors (Lipinski definition) is 1. The Morgan fingerprint density at radius 1 is 1.61 bits per heavy atom. The molecule has 1 aromatic carbocycles. The standard InChI is InChI=1S/C12H11ClFN3O/c1-2-6-17-10(11(15)16-12(17)18)9-7(13)4-3-5-8(9)14/h2-5,10H,1,6H2,(H2,15,16,18). The fourth-order valence-electron chi connectivity index (χ4n) is 1.90. The molecule has 94 valence electrons. The van der Waals surface area contributed by atoms with Crippen LogP contribution in [-0.4, -0.2) is 23.3 Å². The van der Waals surface area contributed by atoms with Gasteiger partial charge in [0.15, 0.2) is 0 Å². The van der Waals surface area contributed by atoms with Crippen molar-refractivity contribution in [3.05, 3.63) is 47.3 Å². The average Bonchev–Trinajstić information content (AvgIpc) is 2.56. The van der Waals surface area contributed by atoms with Crippen molar-refractivity contribution in [2.75, 3.05) is 6.54 Å². The van der Waals surface area contributed by atoms with E-state index in [0.29, 0.717) is 0 Å². The lowest BCUT2D eigenvalue weighted by atomic mass is 10.0. The maximum Gasteiger partial charge on any atom is 0.346 e. The number of halogens is 2. The first-order chi connectivity index (χ1) is 8.56. The molecule has 1 aliphatic rings. The number of benzene rings is 1. The normalized spacial score (nSPS) is 19.0. The topological polar surface area (TPSA) is 58.7 Å². The maximum absolute atomic E-state index is 13.9. The van der Waals surface area contributed by atoms with Crippen molar-refractivity contribution >= 4 is 23.5 Å². The van der Waals surface area contributed by atoms with Crippen LogP contribution in [0.25, 0.3) is 0 Å². The summed E-state index contributed by atoms with van der Waals surface area (Å²) in [5, 5.41) is 0.210. The summed E-state index contributed by atoms with van der Waals surface area (Å²) in [4.78, 5) is 16.6. The van der Waals surface area contributed by atoms with E-state index < -0.39 is 17.9 Å². The molecule has 0 bridgehead atoms. The highest BCUT2D eigenvalue weighted by Gasteiger charge is 2.36. The monoisotopic (exact) mass is 267 g/mol. The predicted octanol–water partition coefficient (Wildman–Crippen LogP) is 2.50. The van der Waals surface area contributed by atoms with E-state index in [-0.39, 0.29) is 23.0 Å². The molecule has 0 saturated heterocycles. The summed E-state index contributed by atoms with van der Waals surface area (Å²) in [6.45, 7) is 3.76. The third-order valence-electron chi connectivity index (χ3n) is 2.66. The Morgan fingerprint density at radius 2 is 2.33 bits per heavy atom. The molecule has 1 atom stereocenters. The fourth-order valence-corrected chi connectivity index (χ4v) is 2.17. The molecule has 2 N–H and O–H groups in total. The Balaban J connectivity index is 2.51. The molecule has 2 rings (SSSR count). The highest BCUT2D eigenvalue weighted by Crippen LogP contribution is 2.33. The van der Waals surface area contributed by atoms with Gasteiger partial charge in [-0.05, 0) is 12.1 Å². The summed E-state index contributed by atoms with van der Waals surface area (Å²) in [5.41, 5.74) is 5.85. The number of hydrogen-bond acceptors (Lipinski definition) is 2. The number of aliphatic imine (C=N–C) groups is 1. The van der Waals surface area contributed by atoms with Crippen molar-refractivity contribution in [1.82, 2.24) is 4.90 Å². The Kier molecular flexibility index (Phi) is 3.34. The van der Waals surface area contributed by atoms with Crippen molar-refractivity contribution in [3.63, 3.8) is 0 Å². The van der Waals surface area contributed by atoms with Crippen LogP contribution >= 0.6 is 11.6 Å². The lowest BCUT2D eigenvalue weighted by Gasteiger charge is -2.24.